The summed E-state index contributed by atoms with van der Waals surface area (Å²) in [5.41, 5.74) is 0.921. The van der Waals surface area contributed by atoms with Gasteiger partial charge >= 0.3 is 5.97 Å². The van der Waals surface area contributed by atoms with E-state index in [0.717, 1.165) is 25.1 Å². The highest BCUT2D eigenvalue weighted by molar-refractivity contribution is 5.77. The second-order valence-electron chi connectivity index (χ2n) is 5.99. The Morgan fingerprint density at radius 1 is 1.55 bits per heavy atom. The molecule has 1 aromatic rings. The van der Waals surface area contributed by atoms with Crippen LogP contribution in [0, 0.1) is 11.8 Å². The zero-order chi connectivity index (χ0) is 14.5. The fourth-order valence-corrected chi connectivity index (χ4v) is 3.10. The Morgan fingerprint density at radius 3 is 2.95 bits per heavy atom. The third-order valence-corrected chi connectivity index (χ3v) is 3.91. The summed E-state index contributed by atoms with van der Waals surface area (Å²) in [5, 5.41) is 0. The standard InChI is InChI=1S/C16H24N2O2/c1-12(2)9-13-6-8-18(11-13)15(16(19)20-3)14-5-4-7-17-10-14/h4-5,7,10,12-13,15H,6,8-9,11H2,1-3H3/t13-,15+/m0/s1. The van der Waals surface area contributed by atoms with Gasteiger partial charge in [0.05, 0.1) is 7.11 Å². The van der Waals surface area contributed by atoms with Crippen LogP contribution in [0.5, 0.6) is 0 Å². The molecule has 0 aliphatic carbocycles. The number of hydrogen-bond donors (Lipinski definition) is 0. The Balaban J connectivity index is 2.11. The summed E-state index contributed by atoms with van der Waals surface area (Å²) >= 11 is 0. The van der Waals surface area contributed by atoms with E-state index in [9.17, 15) is 4.79 Å². The van der Waals surface area contributed by atoms with Gasteiger partial charge < -0.3 is 4.74 Å². The van der Waals surface area contributed by atoms with Gasteiger partial charge in [0.25, 0.3) is 0 Å². The normalized spacial score (nSPS) is 21.1. The van der Waals surface area contributed by atoms with Crippen LogP contribution in [0.3, 0.4) is 0 Å². The Kier molecular flexibility index (Phi) is 5.12. The molecule has 1 aromatic heterocycles. The van der Waals surface area contributed by atoms with Crippen molar-refractivity contribution in [2.75, 3.05) is 20.2 Å². The molecule has 2 rings (SSSR count). The van der Waals surface area contributed by atoms with Crippen molar-refractivity contribution in [3.63, 3.8) is 0 Å². The van der Waals surface area contributed by atoms with Gasteiger partial charge in [0.1, 0.15) is 6.04 Å². The molecule has 0 spiro atoms. The molecule has 1 aliphatic rings. The zero-order valence-corrected chi connectivity index (χ0v) is 12.6. The molecule has 4 heteroatoms. The van der Waals surface area contributed by atoms with E-state index in [0.29, 0.717) is 11.8 Å². The summed E-state index contributed by atoms with van der Waals surface area (Å²) < 4.78 is 4.99. The summed E-state index contributed by atoms with van der Waals surface area (Å²) in [6.45, 7) is 6.42. The number of methoxy groups -OCH3 is 1. The fraction of sp³-hybridized carbons (Fsp3) is 0.625. The van der Waals surface area contributed by atoms with E-state index >= 15 is 0 Å². The molecule has 2 heterocycles. The number of esters is 1. The smallest absolute Gasteiger partial charge is 0.327 e. The van der Waals surface area contributed by atoms with E-state index in [4.69, 9.17) is 4.74 Å². The molecule has 0 aromatic carbocycles. The van der Waals surface area contributed by atoms with Crippen LogP contribution in [0.2, 0.25) is 0 Å². The minimum Gasteiger partial charge on any atom is -0.468 e. The molecule has 0 amide bonds. The quantitative estimate of drug-likeness (QED) is 0.775. The monoisotopic (exact) mass is 276 g/mol. The number of pyridine rings is 1. The maximum atomic E-state index is 12.1. The molecule has 4 nitrogen and oxygen atoms in total. The van der Waals surface area contributed by atoms with Crippen molar-refractivity contribution < 1.29 is 9.53 Å². The van der Waals surface area contributed by atoms with Crippen LogP contribution in [-0.2, 0) is 9.53 Å². The number of aromatic nitrogens is 1. The predicted molar refractivity (Wildman–Crippen MR) is 78.1 cm³/mol. The van der Waals surface area contributed by atoms with E-state index in [1.807, 2.05) is 12.1 Å². The van der Waals surface area contributed by atoms with Gasteiger partial charge in [0.15, 0.2) is 0 Å². The Morgan fingerprint density at radius 2 is 2.35 bits per heavy atom. The summed E-state index contributed by atoms with van der Waals surface area (Å²) in [6, 6.07) is 3.50. The highest BCUT2D eigenvalue weighted by Crippen LogP contribution is 2.31. The molecular weight excluding hydrogens is 252 g/mol. The lowest BCUT2D eigenvalue weighted by Crippen LogP contribution is -2.33. The highest BCUT2D eigenvalue weighted by atomic mass is 16.5. The lowest BCUT2D eigenvalue weighted by molar-refractivity contribution is -0.147. The summed E-state index contributed by atoms with van der Waals surface area (Å²) in [6.07, 6.45) is 5.87. The zero-order valence-electron chi connectivity index (χ0n) is 12.6. The van der Waals surface area contributed by atoms with E-state index in [1.54, 1.807) is 12.4 Å². The third kappa shape index (κ3) is 3.57. The molecule has 0 bridgehead atoms. The topological polar surface area (TPSA) is 42.4 Å². The lowest BCUT2D eigenvalue weighted by Gasteiger charge is -2.26. The van der Waals surface area contributed by atoms with Gasteiger partial charge in [-0.05, 0) is 42.9 Å². The molecule has 2 atom stereocenters. The number of likely N-dealkylation sites (tertiary alicyclic amines) is 1. The second-order valence-corrected chi connectivity index (χ2v) is 5.99. The first kappa shape index (κ1) is 15.0. The second kappa shape index (κ2) is 6.84. The lowest BCUT2D eigenvalue weighted by atomic mass is 9.96. The van der Waals surface area contributed by atoms with Crippen LogP contribution in [0.15, 0.2) is 24.5 Å². The van der Waals surface area contributed by atoms with Gasteiger partial charge in [0.2, 0.25) is 0 Å². The fourth-order valence-electron chi connectivity index (χ4n) is 3.10. The maximum Gasteiger partial charge on any atom is 0.327 e. The average molecular weight is 276 g/mol. The first-order chi connectivity index (χ1) is 9.61. The van der Waals surface area contributed by atoms with Crippen molar-refractivity contribution in [2.24, 2.45) is 11.8 Å². The van der Waals surface area contributed by atoms with Crippen LogP contribution in [0.1, 0.15) is 38.3 Å². The maximum absolute atomic E-state index is 12.1. The number of carbonyl (C=O) groups excluding carboxylic acids is 1. The van der Waals surface area contributed by atoms with Crippen molar-refractivity contribution in [3.05, 3.63) is 30.1 Å². The van der Waals surface area contributed by atoms with Crippen molar-refractivity contribution in [1.29, 1.82) is 0 Å². The molecule has 0 radical (unpaired) electrons. The largest absolute Gasteiger partial charge is 0.468 e. The van der Waals surface area contributed by atoms with Crippen molar-refractivity contribution in [3.8, 4) is 0 Å². The number of rotatable bonds is 5. The van der Waals surface area contributed by atoms with Gasteiger partial charge in [-0.1, -0.05) is 19.9 Å². The minimum absolute atomic E-state index is 0.191. The van der Waals surface area contributed by atoms with E-state index in [-0.39, 0.29) is 12.0 Å². The van der Waals surface area contributed by atoms with Crippen LogP contribution in [-0.4, -0.2) is 36.1 Å². The van der Waals surface area contributed by atoms with Crippen molar-refractivity contribution in [2.45, 2.75) is 32.7 Å². The molecule has 0 N–H and O–H groups in total. The van der Waals surface area contributed by atoms with Crippen LogP contribution in [0.4, 0.5) is 0 Å². The molecular formula is C16H24N2O2. The Bertz CT molecular complexity index is 433. The molecule has 1 aliphatic heterocycles. The van der Waals surface area contributed by atoms with Gasteiger partial charge in [-0.3, -0.25) is 9.88 Å². The predicted octanol–water partition coefficient (Wildman–Crippen LogP) is 2.66. The average Bonchev–Trinajstić information content (AvgIpc) is 2.87. The van der Waals surface area contributed by atoms with Gasteiger partial charge in [-0.15, -0.1) is 0 Å². The van der Waals surface area contributed by atoms with Crippen molar-refractivity contribution in [1.82, 2.24) is 9.88 Å². The summed E-state index contributed by atoms with van der Waals surface area (Å²) in [7, 11) is 1.45. The Hall–Kier alpha value is -1.42. The SMILES string of the molecule is COC(=O)[C@@H](c1cccnc1)N1CC[C@@H](CC(C)C)C1. The molecule has 1 saturated heterocycles. The Labute approximate surface area is 121 Å². The number of carbonyl (C=O) groups is 1. The summed E-state index contributed by atoms with van der Waals surface area (Å²) in [4.78, 5) is 18.5. The molecule has 20 heavy (non-hydrogen) atoms. The van der Waals surface area contributed by atoms with Crippen LogP contribution in [0.25, 0.3) is 0 Å². The van der Waals surface area contributed by atoms with Gasteiger partial charge in [0, 0.05) is 18.9 Å². The highest BCUT2D eigenvalue weighted by Gasteiger charge is 2.34. The van der Waals surface area contributed by atoms with Crippen LogP contribution >= 0.6 is 0 Å². The van der Waals surface area contributed by atoms with Gasteiger partial charge in [-0.25, -0.2) is 4.79 Å². The van der Waals surface area contributed by atoms with Crippen molar-refractivity contribution >= 4 is 5.97 Å². The number of ether oxygens (including phenoxy) is 1. The number of hydrogen-bond acceptors (Lipinski definition) is 4. The molecule has 0 saturated carbocycles. The van der Waals surface area contributed by atoms with Crippen LogP contribution < -0.4 is 0 Å². The third-order valence-electron chi connectivity index (χ3n) is 3.91. The van der Waals surface area contributed by atoms with Gasteiger partial charge in [-0.2, -0.15) is 0 Å². The first-order valence-corrected chi connectivity index (χ1v) is 7.33. The summed E-state index contributed by atoms with van der Waals surface area (Å²) in [5.74, 6) is 1.19. The van der Waals surface area contributed by atoms with E-state index in [1.165, 1.54) is 13.5 Å². The van der Waals surface area contributed by atoms with E-state index in [2.05, 4.69) is 23.7 Å². The number of nitrogens with zero attached hydrogens (tertiary/aromatic N) is 2. The first-order valence-electron chi connectivity index (χ1n) is 7.33. The molecule has 110 valence electrons. The van der Waals surface area contributed by atoms with E-state index < -0.39 is 0 Å². The molecule has 1 fully saturated rings. The minimum atomic E-state index is -0.314. The molecule has 0 unspecified atom stereocenters.